The van der Waals surface area contributed by atoms with Gasteiger partial charge in [0.15, 0.2) is 0 Å². The molecule has 0 spiro atoms. The first-order valence-corrected chi connectivity index (χ1v) is 9.62. The standard InChI is InChI=1S/C23H28N4O/c1-16(22(24)20-12-8-5-9-13-20)23(28)25-14-21-17(2)26-27(18(21)3)15-19-10-6-4-7-11-19/h4-13,16,22H,14-15,24H2,1-3H3,(H,25,28). The van der Waals surface area contributed by atoms with Gasteiger partial charge in [0.05, 0.1) is 18.2 Å². The number of nitrogens with zero attached hydrogens (tertiary/aromatic N) is 2. The fourth-order valence-electron chi connectivity index (χ4n) is 3.36. The van der Waals surface area contributed by atoms with E-state index in [4.69, 9.17) is 5.73 Å². The van der Waals surface area contributed by atoms with Gasteiger partial charge in [0.1, 0.15) is 0 Å². The quantitative estimate of drug-likeness (QED) is 0.663. The first kappa shape index (κ1) is 19.8. The summed E-state index contributed by atoms with van der Waals surface area (Å²) in [5.74, 6) is -0.367. The Bertz CT molecular complexity index is 919. The number of aromatic nitrogens is 2. The first-order valence-electron chi connectivity index (χ1n) is 9.62. The van der Waals surface area contributed by atoms with Gasteiger partial charge in [-0.2, -0.15) is 5.10 Å². The van der Waals surface area contributed by atoms with E-state index in [1.807, 2.05) is 74.0 Å². The number of hydrogen-bond donors (Lipinski definition) is 2. The van der Waals surface area contributed by atoms with Crippen molar-refractivity contribution in [2.24, 2.45) is 11.7 Å². The predicted octanol–water partition coefficient (Wildman–Crippen LogP) is 3.50. The monoisotopic (exact) mass is 376 g/mol. The van der Waals surface area contributed by atoms with E-state index in [0.29, 0.717) is 6.54 Å². The Kier molecular flexibility index (Phi) is 6.26. The Labute approximate surface area is 166 Å². The van der Waals surface area contributed by atoms with Crippen LogP contribution in [0.25, 0.3) is 0 Å². The number of carbonyl (C=O) groups is 1. The van der Waals surface area contributed by atoms with Crippen molar-refractivity contribution in [3.63, 3.8) is 0 Å². The second-order valence-corrected chi connectivity index (χ2v) is 7.24. The molecule has 0 saturated carbocycles. The molecule has 5 nitrogen and oxygen atoms in total. The molecule has 1 aromatic heterocycles. The Morgan fingerprint density at radius 3 is 2.32 bits per heavy atom. The lowest BCUT2D eigenvalue weighted by Crippen LogP contribution is -2.35. The molecule has 2 unspecified atom stereocenters. The fourth-order valence-corrected chi connectivity index (χ4v) is 3.36. The summed E-state index contributed by atoms with van der Waals surface area (Å²) in [7, 11) is 0. The minimum atomic E-state index is -0.329. The van der Waals surface area contributed by atoms with Crippen molar-refractivity contribution >= 4 is 5.91 Å². The maximum absolute atomic E-state index is 12.6. The summed E-state index contributed by atoms with van der Waals surface area (Å²) in [6, 6.07) is 19.6. The van der Waals surface area contributed by atoms with Crippen LogP contribution in [-0.2, 0) is 17.9 Å². The molecule has 0 radical (unpaired) electrons. The van der Waals surface area contributed by atoms with Crippen LogP contribution in [0.2, 0.25) is 0 Å². The van der Waals surface area contributed by atoms with Gasteiger partial charge in [-0.25, -0.2) is 0 Å². The second kappa shape index (κ2) is 8.85. The third kappa shape index (κ3) is 4.49. The van der Waals surface area contributed by atoms with Gasteiger partial charge in [0.25, 0.3) is 0 Å². The smallest absolute Gasteiger partial charge is 0.225 e. The molecule has 0 fully saturated rings. The molecule has 2 aromatic carbocycles. The molecular weight excluding hydrogens is 348 g/mol. The topological polar surface area (TPSA) is 72.9 Å². The van der Waals surface area contributed by atoms with Crippen LogP contribution in [0.1, 0.15) is 41.0 Å². The van der Waals surface area contributed by atoms with Crippen molar-refractivity contribution in [3.05, 3.63) is 88.7 Å². The molecule has 3 aromatic rings. The molecule has 1 amide bonds. The van der Waals surface area contributed by atoms with Crippen LogP contribution in [0.15, 0.2) is 60.7 Å². The van der Waals surface area contributed by atoms with E-state index in [-0.39, 0.29) is 17.9 Å². The molecule has 3 rings (SSSR count). The molecule has 5 heteroatoms. The maximum atomic E-state index is 12.6. The van der Waals surface area contributed by atoms with Crippen molar-refractivity contribution in [2.75, 3.05) is 0 Å². The fraction of sp³-hybridized carbons (Fsp3) is 0.304. The van der Waals surface area contributed by atoms with Crippen LogP contribution >= 0.6 is 0 Å². The van der Waals surface area contributed by atoms with Gasteiger partial charge in [-0.05, 0) is 25.0 Å². The minimum Gasteiger partial charge on any atom is -0.352 e. The Hall–Kier alpha value is -2.92. The van der Waals surface area contributed by atoms with Gasteiger partial charge in [-0.3, -0.25) is 9.48 Å². The van der Waals surface area contributed by atoms with Gasteiger partial charge >= 0.3 is 0 Å². The highest BCUT2D eigenvalue weighted by atomic mass is 16.1. The predicted molar refractivity (Wildman–Crippen MR) is 112 cm³/mol. The number of rotatable bonds is 7. The third-order valence-corrected chi connectivity index (χ3v) is 5.28. The lowest BCUT2D eigenvalue weighted by molar-refractivity contribution is -0.125. The molecule has 146 valence electrons. The minimum absolute atomic E-state index is 0.0500. The van der Waals surface area contributed by atoms with E-state index in [1.54, 1.807) is 0 Å². The zero-order valence-electron chi connectivity index (χ0n) is 16.7. The van der Waals surface area contributed by atoms with Gasteiger partial charge in [0.2, 0.25) is 5.91 Å². The summed E-state index contributed by atoms with van der Waals surface area (Å²) >= 11 is 0. The molecule has 2 atom stereocenters. The summed E-state index contributed by atoms with van der Waals surface area (Å²) in [6.07, 6.45) is 0. The van der Waals surface area contributed by atoms with Gasteiger partial charge in [0, 0.05) is 23.8 Å². The second-order valence-electron chi connectivity index (χ2n) is 7.24. The maximum Gasteiger partial charge on any atom is 0.225 e. The molecule has 0 aliphatic carbocycles. The summed E-state index contributed by atoms with van der Waals surface area (Å²) < 4.78 is 1.99. The van der Waals surface area contributed by atoms with Crippen LogP contribution < -0.4 is 11.1 Å². The van der Waals surface area contributed by atoms with Crippen molar-refractivity contribution in [2.45, 2.75) is 39.9 Å². The summed E-state index contributed by atoms with van der Waals surface area (Å²) in [5.41, 5.74) is 11.5. The Morgan fingerprint density at radius 2 is 1.68 bits per heavy atom. The van der Waals surface area contributed by atoms with Crippen LogP contribution in [0.5, 0.6) is 0 Å². The number of nitrogens with two attached hydrogens (primary N) is 1. The molecule has 28 heavy (non-hydrogen) atoms. The van der Waals surface area contributed by atoms with Crippen molar-refractivity contribution in [3.8, 4) is 0 Å². The molecule has 0 bridgehead atoms. The lowest BCUT2D eigenvalue weighted by Gasteiger charge is -2.20. The summed E-state index contributed by atoms with van der Waals surface area (Å²) in [6.45, 7) is 7.07. The van der Waals surface area contributed by atoms with E-state index in [9.17, 15) is 4.79 Å². The number of benzene rings is 2. The zero-order valence-corrected chi connectivity index (χ0v) is 16.7. The van der Waals surface area contributed by atoms with Crippen LogP contribution in [0, 0.1) is 19.8 Å². The Morgan fingerprint density at radius 1 is 1.07 bits per heavy atom. The molecule has 0 aliphatic rings. The van der Waals surface area contributed by atoms with Gasteiger partial charge < -0.3 is 11.1 Å². The van der Waals surface area contributed by atoms with E-state index in [1.165, 1.54) is 5.56 Å². The van der Waals surface area contributed by atoms with E-state index in [0.717, 1.165) is 29.1 Å². The van der Waals surface area contributed by atoms with E-state index in [2.05, 4.69) is 22.5 Å². The number of hydrogen-bond acceptors (Lipinski definition) is 3. The van der Waals surface area contributed by atoms with Crippen molar-refractivity contribution < 1.29 is 4.79 Å². The van der Waals surface area contributed by atoms with Crippen molar-refractivity contribution in [1.82, 2.24) is 15.1 Å². The molecule has 0 saturated heterocycles. The SMILES string of the molecule is Cc1nn(Cc2ccccc2)c(C)c1CNC(=O)C(C)C(N)c1ccccc1. The molecule has 3 N–H and O–H groups in total. The van der Waals surface area contributed by atoms with Crippen LogP contribution in [0.3, 0.4) is 0 Å². The highest BCUT2D eigenvalue weighted by molar-refractivity contribution is 5.79. The highest BCUT2D eigenvalue weighted by Crippen LogP contribution is 2.20. The number of carbonyl (C=O) groups excluding carboxylic acids is 1. The Balaban J connectivity index is 1.65. The summed E-state index contributed by atoms with van der Waals surface area (Å²) in [5, 5.41) is 7.69. The largest absolute Gasteiger partial charge is 0.352 e. The molecule has 1 heterocycles. The van der Waals surface area contributed by atoms with Crippen LogP contribution in [0.4, 0.5) is 0 Å². The molecule has 0 aliphatic heterocycles. The van der Waals surface area contributed by atoms with Crippen molar-refractivity contribution in [1.29, 1.82) is 0 Å². The number of aryl methyl sites for hydroxylation is 1. The lowest BCUT2D eigenvalue weighted by atomic mass is 9.94. The normalized spacial score (nSPS) is 13.1. The number of amides is 1. The van der Waals surface area contributed by atoms with Crippen LogP contribution in [-0.4, -0.2) is 15.7 Å². The highest BCUT2D eigenvalue weighted by Gasteiger charge is 2.22. The summed E-state index contributed by atoms with van der Waals surface area (Å²) in [4.78, 5) is 12.6. The van der Waals surface area contributed by atoms with E-state index >= 15 is 0 Å². The average molecular weight is 377 g/mol. The third-order valence-electron chi connectivity index (χ3n) is 5.28. The average Bonchev–Trinajstić information content (AvgIpc) is 2.99. The van der Waals surface area contributed by atoms with Gasteiger partial charge in [-0.1, -0.05) is 67.6 Å². The number of nitrogens with one attached hydrogen (secondary N) is 1. The zero-order chi connectivity index (χ0) is 20.1. The first-order chi connectivity index (χ1) is 13.5. The van der Waals surface area contributed by atoms with E-state index < -0.39 is 0 Å². The molecular formula is C23H28N4O. The van der Waals surface area contributed by atoms with Gasteiger partial charge in [-0.15, -0.1) is 0 Å².